The van der Waals surface area contributed by atoms with Gasteiger partial charge < -0.3 is 14.0 Å². The van der Waals surface area contributed by atoms with Crippen LogP contribution in [-0.2, 0) is 27.9 Å². The number of para-hydroxylation sites is 2. The maximum atomic E-state index is 11.3. The number of rotatable bonds is 12. The molecule has 0 fully saturated rings. The van der Waals surface area contributed by atoms with Crippen molar-refractivity contribution in [3.8, 4) is 5.75 Å². The summed E-state index contributed by atoms with van der Waals surface area (Å²) in [7, 11) is -4.25. The van der Waals surface area contributed by atoms with Gasteiger partial charge in [-0.25, -0.2) is 17.6 Å². The van der Waals surface area contributed by atoms with Crippen molar-refractivity contribution in [3.63, 3.8) is 0 Å². The quantitative estimate of drug-likeness (QED) is 0.0803. The maximum absolute atomic E-state index is 11.3. The number of imidazole rings is 1. The van der Waals surface area contributed by atoms with E-state index in [-0.39, 0.29) is 21.6 Å². The monoisotopic (exact) mass is 565 g/mol. The summed E-state index contributed by atoms with van der Waals surface area (Å²) in [5, 5.41) is 11.3. The molecule has 0 aliphatic heterocycles. The number of hydrogen-bond donors (Lipinski definition) is 0. The Kier molecular flexibility index (Phi) is 11.1. The minimum absolute atomic E-state index is 0.121. The summed E-state index contributed by atoms with van der Waals surface area (Å²) < 4.78 is 46.6. The third-order valence-electron chi connectivity index (χ3n) is 5.68. The summed E-state index contributed by atoms with van der Waals surface area (Å²) in [6.45, 7) is 7.67. The van der Waals surface area contributed by atoms with E-state index in [1.165, 1.54) is 30.3 Å². The third-order valence-corrected chi connectivity index (χ3v) is 6.53. The van der Waals surface area contributed by atoms with E-state index in [0.29, 0.717) is 31.9 Å². The molecular weight excluding hydrogens is 534 g/mol. The van der Waals surface area contributed by atoms with Gasteiger partial charge in [-0.2, -0.15) is 0 Å². The molecule has 0 spiro atoms. The number of nitro groups is 1. The van der Waals surface area contributed by atoms with Gasteiger partial charge in [0, 0.05) is 11.6 Å². The van der Waals surface area contributed by atoms with E-state index in [1.54, 1.807) is 24.3 Å². The van der Waals surface area contributed by atoms with Crippen molar-refractivity contribution >= 4 is 15.8 Å². The van der Waals surface area contributed by atoms with Crippen LogP contribution in [0, 0.1) is 10.1 Å². The van der Waals surface area contributed by atoms with Gasteiger partial charge in [-0.05, 0) is 31.2 Å². The number of benzene rings is 3. The average Bonchev–Trinajstić information content (AvgIpc) is 3.39. The van der Waals surface area contributed by atoms with E-state index in [9.17, 15) is 23.1 Å². The standard InChI is InChI=1S/C23H26N3O4.C6H6O3S/c1-3-15-30-23(20-10-6-8-12-22(20)29-4-2)17-25-14-13-24(18-25)16-19-9-5-7-11-21(19)26(27)28;7-10(8,9)6-4-2-1-3-5-6/h3,5-14,18,23H,1,4,15-17H2,2H3;1-5H,(H,7,8,9)/q+1;/p-1. The zero-order valence-electron chi connectivity index (χ0n) is 22.0. The molecule has 0 amide bonds. The van der Waals surface area contributed by atoms with Crippen LogP contribution in [0.15, 0.2) is 115 Å². The molecule has 0 bridgehead atoms. The lowest BCUT2D eigenvalue weighted by atomic mass is 10.1. The highest BCUT2D eigenvalue weighted by Gasteiger charge is 2.21. The number of ether oxygens (including phenoxy) is 2. The number of nitrogens with zero attached hydrogens (tertiary/aromatic N) is 3. The van der Waals surface area contributed by atoms with Gasteiger partial charge in [0.1, 0.15) is 47.5 Å². The van der Waals surface area contributed by atoms with Crippen LogP contribution in [0.4, 0.5) is 5.69 Å². The molecule has 1 atom stereocenters. The van der Waals surface area contributed by atoms with Gasteiger partial charge in [0.25, 0.3) is 5.69 Å². The van der Waals surface area contributed by atoms with Crippen molar-refractivity contribution in [3.05, 3.63) is 131 Å². The normalized spacial score (nSPS) is 11.7. The first kappa shape index (κ1) is 30.2. The van der Waals surface area contributed by atoms with Gasteiger partial charge in [-0.15, -0.1) is 6.58 Å². The predicted octanol–water partition coefficient (Wildman–Crippen LogP) is 4.67. The highest BCUT2D eigenvalue weighted by molar-refractivity contribution is 7.85. The lowest BCUT2D eigenvalue weighted by Crippen LogP contribution is -2.32. The van der Waals surface area contributed by atoms with Crippen molar-refractivity contribution in [1.29, 1.82) is 0 Å². The summed E-state index contributed by atoms with van der Waals surface area (Å²) >= 11 is 0. The number of aromatic nitrogens is 2. The molecule has 11 heteroatoms. The second-order valence-electron chi connectivity index (χ2n) is 8.52. The molecule has 0 saturated carbocycles. The molecule has 1 unspecified atom stereocenters. The van der Waals surface area contributed by atoms with Crippen LogP contribution in [0.3, 0.4) is 0 Å². The van der Waals surface area contributed by atoms with E-state index in [2.05, 4.69) is 6.58 Å². The van der Waals surface area contributed by atoms with Crippen LogP contribution in [0.25, 0.3) is 0 Å². The Morgan fingerprint density at radius 1 is 1.05 bits per heavy atom. The highest BCUT2D eigenvalue weighted by atomic mass is 32.2. The van der Waals surface area contributed by atoms with E-state index in [4.69, 9.17) is 9.47 Å². The van der Waals surface area contributed by atoms with Crippen molar-refractivity contribution in [2.24, 2.45) is 0 Å². The van der Waals surface area contributed by atoms with E-state index in [0.717, 1.165) is 11.3 Å². The third kappa shape index (κ3) is 8.87. The van der Waals surface area contributed by atoms with E-state index >= 15 is 0 Å². The SMILES string of the molecule is C=CCOC(Cn1cc[n+](Cc2ccccc2[N+](=O)[O-])c1)c1ccccc1OCC.O=S(=O)([O-])c1ccccc1. The summed E-state index contributed by atoms with van der Waals surface area (Å²) in [6, 6.07) is 21.8. The first-order valence-electron chi connectivity index (χ1n) is 12.4. The van der Waals surface area contributed by atoms with Gasteiger partial charge >= 0.3 is 0 Å². The topological polar surface area (TPSA) is 128 Å². The van der Waals surface area contributed by atoms with Crippen molar-refractivity contribution in [2.45, 2.75) is 31.0 Å². The van der Waals surface area contributed by atoms with Gasteiger partial charge in [0.2, 0.25) is 6.33 Å². The fraction of sp³-hybridized carbons (Fsp3) is 0.207. The summed E-state index contributed by atoms with van der Waals surface area (Å²) in [5.74, 6) is 0.800. The second-order valence-corrected chi connectivity index (χ2v) is 9.90. The van der Waals surface area contributed by atoms with Crippen LogP contribution < -0.4 is 9.30 Å². The predicted molar refractivity (Wildman–Crippen MR) is 148 cm³/mol. The molecule has 1 heterocycles. The summed E-state index contributed by atoms with van der Waals surface area (Å²) in [5.41, 5.74) is 1.75. The largest absolute Gasteiger partial charge is 0.744 e. The maximum Gasteiger partial charge on any atom is 0.276 e. The first-order chi connectivity index (χ1) is 19.2. The van der Waals surface area contributed by atoms with Gasteiger partial charge in [-0.3, -0.25) is 10.1 Å². The molecule has 0 radical (unpaired) electrons. The summed E-state index contributed by atoms with van der Waals surface area (Å²) in [4.78, 5) is 10.7. The molecular formula is C29H31N3O7S. The van der Waals surface area contributed by atoms with E-state index in [1.807, 2.05) is 65.1 Å². The Bertz CT molecular complexity index is 1500. The van der Waals surface area contributed by atoms with Crippen LogP contribution in [-0.4, -0.2) is 35.7 Å². The Morgan fingerprint density at radius 3 is 2.38 bits per heavy atom. The molecule has 0 aliphatic rings. The zero-order valence-corrected chi connectivity index (χ0v) is 22.9. The first-order valence-corrected chi connectivity index (χ1v) is 13.9. The zero-order chi connectivity index (χ0) is 29.0. The van der Waals surface area contributed by atoms with Crippen LogP contribution in [0.1, 0.15) is 24.2 Å². The Labute approximate surface area is 233 Å². The highest BCUT2D eigenvalue weighted by Crippen LogP contribution is 2.29. The Balaban J connectivity index is 0.000000371. The fourth-order valence-electron chi connectivity index (χ4n) is 3.90. The summed E-state index contributed by atoms with van der Waals surface area (Å²) in [6.07, 6.45) is 7.25. The minimum atomic E-state index is -4.25. The molecule has 1 aromatic heterocycles. The van der Waals surface area contributed by atoms with Gasteiger partial charge in [0.15, 0.2) is 0 Å². The average molecular weight is 566 g/mol. The molecule has 4 rings (SSSR count). The van der Waals surface area contributed by atoms with E-state index < -0.39 is 10.1 Å². The lowest BCUT2D eigenvalue weighted by molar-refractivity contribution is -0.688. The van der Waals surface area contributed by atoms with Crippen molar-refractivity contribution in [2.75, 3.05) is 13.2 Å². The van der Waals surface area contributed by atoms with Crippen LogP contribution >= 0.6 is 0 Å². The minimum Gasteiger partial charge on any atom is -0.744 e. The molecule has 0 aliphatic carbocycles. The second kappa shape index (κ2) is 14.7. The van der Waals surface area contributed by atoms with Gasteiger partial charge in [0.05, 0.1) is 28.6 Å². The molecule has 0 saturated heterocycles. The molecule has 210 valence electrons. The Morgan fingerprint density at radius 2 is 1.73 bits per heavy atom. The van der Waals surface area contributed by atoms with Gasteiger partial charge in [-0.1, -0.05) is 54.6 Å². The smallest absolute Gasteiger partial charge is 0.276 e. The molecule has 3 aromatic carbocycles. The number of hydrogen-bond acceptors (Lipinski definition) is 7. The Hall–Kier alpha value is -4.32. The molecule has 40 heavy (non-hydrogen) atoms. The molecule has 10 nitrogen and oxygen atoms in total. The van der Waals surface area contributed by atoms with Crippen molar-refractivity contribution in [1.82, 2.24) is 4.57 Å². The van der Waals surface area contributed by atoms with Crippen LogP contribution in [0.5, 0.6) is 5.75 Å². The fourth-order valence-corrected chi connectivity index (χ4v) is 4.39. The number of nitro benzene ring substituents is 1. The molecule has 0 N–H and O–H groups in total. The molecule has 4 aromatic rings. The lowest BCUT2D eigenvalue weighted by Gasteiger charge is -2.19. The van der Waals surface area contributed by atoms with Crippen molar-refractivity contribution < 1.29 is 31.9 Å². The van der Waals surface area contributed by atoms with Crippen LogP contribution in [0.2, 0.25) is 0 Å².